The van der Waals surface area contributed by atoms with Gasteiger partial charge in [-0.2, -0.15) is 4.98 Å². The zero-order chi connectivity index (χ0) is 9.84. The number of hydrogen-bond acceptors (Lipinski definition) is 3. The molecule has 1 heterocycles. The summed E-state index contributed by atoms with van der Waals surface area (Å²) < 4.78 is 0. The maximum atomic E-state index is 11.3. The summed E-state index contributed by atoms with van der Waals surface area (Å²) in [6.07, 6.45) is 0.862. The van der Waals surface area contributed by atoms with E-state index in [1.807, 2.05) is 13.8 Å². The van der Waals surface area contributed by atoms with E-state index in [4.69, 9.17) is 0 Å². The molecular weight excluding hydrogens is 188 g/mol. The predicted molar refractivity (Wildman–Crippen MR) is 49.5 cm³/mol. The Morgan fingerprint density at radius 3 is 2.92 bits per heavy atom. The Bertz CT molecular complexity index is 298. The lowest BCUT2D eigenvalue weighted by atomic mass is 10.2. The van der Waals surface area contributed by atoms with E-state index in [2.05, 4.69) is 10.3 Å². The monoisotopic (exact) mass is 199 g/mol. The molecule has 1 N–H and O–H groups in total. The molecule has 4 nitrogen and oxygen atoms in total. The van der Waals surface area contributed by atoms with E-state index < -0.39 is 0 Å². The molecule has 0 bridgehead atoms. The molecule has 1 amide bonds. The van der Waals surface area contributed by atoms with Crippen LogP contribution in [0.3, 0.4) is 0 Å². The minimum absolute atomic E-state index is 0.117. The number of nitrogens with one attached hydrogen (secondary N) is 1. The molecule has 0 saturated heterocycles. The van der Waals surface area contributed by atoms with Gasteiger partial charge in [-0.1, -0.05) is 6.92 Å². The lowest BCUT2D eigenvalue weighted by molar-refractivity contribution is 0.0938. The van der Waals surface area contributed by atoms with E-state index in [-0.39, 0.29) is 22.8 Å². The van der Waals surface area contributed by atoms with Crippen LogP contribution in [0.2, 0.25) is 0 Å². The molecule has 5 heteroatoms. The van der Waals surface area contributed by atoms with Crippen molar-refractivity contribution in [2.24, 2.45) is 0 Å². The minimum Gasteiger partial charge on any atom is -0.348 e. The fourth-order valence-electron chi connectivity index (χ4n) is 0.751. The first-order valence-electron chi connectivity index (χ1n) is 4.07. The average Bonchev–Trinajstić information content (AvgIpc) is 2.51. The topological polar surface area (TPSA) is 61.9 Å². The second kappa shape index (κ2) is 4.23. The maximum absolute atomic E-state index is 11.3. The lowest BCUT2D eigenvalue weighted by Crippen LogP contribution is -2.31. The SMILES string of the molecule is CCC(C)NC(=O)c1nc([O])cs1. The number of carbonyl (C=O) groups is 1. The van der Waals surface area contributed by atoms with Gasteiger partial charge in [0, 0.05) is 6.04 Å². The van der Waals surface area contributed by atoms with Crippen LogP contribution in [0.4, 0.5) is 0 Å². The summed E-state index contributed by atoms with van der Waals surface area (Å²) in [6.45, 7) is 3.88. The Morgan fingerprint density at radius 1 is 1.77 bits per heavy atom. The Kier molecular flexibility index (Phi) is 3.25. The molecule has 0 aromatic carbocycles. The van der Waals surface area contributed by atoms with Gasteiger partial charge in [0.2, 0.25) is 0 Å². The highest BCUT2D eigenvalue weighted by atomic mass is 32.1. The number of nitrogens with zero attached hydrogens (tertiary/aromatic N) is 1. The van der Waals surface area contributed by atoms with Crippen molar-refractivity contribution < 1.29 is 9.90 Å². The van der Waals surface area contributed by atoms with Gasteiger partial charge in [0.15, 0.2) is 5.01 Å². The summed E-state index contributed by atoms with van der Waals surface area (Å²) in [5.74, 6) is -0.610. The second-order valence-corrected chi connectivity index (χ2v) is 3.63. The van der Waals surface area contributed by atoms with Crippen molar-refractivity contribution in [3.8, 4) is 5.88 Å². The zero-order valence-corrected chi connectivity index (χ0v) is 8.35. The van der Waals surface area contributed by atoms with Crippen molar-refractivity contribution in [1.29, 1.82) is 0 Å². The van der Waals surface area contributed by atoms with Crippen LogP contribution in [0.15, 0.2) is 5.38 Å². The second-order valence-electron chi connectivity index (χ2n) is 2.77. The predicted octanol–water partition coefficient (Wildman–Crippen LogP) is 1.82. The van der Waals surface area contributed by atoms with Crippen LogP contribution >= 0.6 is 11.3 Å². The van der Waals surface area contributed by atoms with Gasteiger partial charge in [0.05, 0.1) is 5.38 Å². The van der Waals surface area contributed by atoms with Crippen LogP contribution in [0.1, 0.15) is 30.1 Å². The van der Waals surface area contributed by atoms with Crippen molar-refractivity contribution in [3.63, 3.8) is 0 Å². The molecule has 0 fully saturated rings. The van der Waals surface area contributed by atoms with Gasteiger partial charge < -0.3 is 5.32 Å². The number of amides is 1. The molecule has 0 aliphatic rings. The first-order chi connectivity index (χ1) is 6.13. The quantitative estimate of drug-likeness (QED) is 0.807. The highest BCUT2D eigenvalue weighted by Gasteiger charge is 2.12. The molecule has 1 radical (unpaired) electrons. The van der Waals surface area contributed by atoms with Gasteiger partial charge >= 0.3 is 0 Å². The van der Waals surface area contributed by atoms with Crippen molar-refractivity contribution in [2.45, 2.75) is 26.3 Å². The van der Waals surface area contributed by atoms with Crippen LogP contribution < -0.4 is 5.32 Å². The molecule has 13 heavy (non-hydrogen) atoms. The van der Waals surface area contributed by atoms with Gasteiger partial charge in [-0.25, -0.2) is 0 Å². The average molecular weight is 199 g/mol. The van der Waals surface area contributed by atoms with Crippen LogP contribution in [-0.2, 0) is 5.11 Å². The third kappa shape index (κ3) is 2.69. The van der Waals surface area contributed by atoms with E-state index in [1.165, 1.54) is 5.38 Å². The van der Waals surface area contributed by atoms with Gasteiger partial charge in [-0.05, 0) is 13.3 Å². The third-order valence-electron chi connectivity index (χ3n) is 1.67. The van der Waals surface area contributed by atoms with Crippen LogP contribution in [-0.4, -0.2) is 16.9 Å². The maximum Gasteiger partial charge on any atom is 0.281 e. The van der Waals surface area contributed by atoms with Crippen molar-refractivity contribution in [2.75, 3.05) is 0 Å². The highest BCUT2D eigenvalue weighted by Crippen LogP contribution is 2.14. The van der Waals surface area contributed by atoms with Crippen molar-refractivity contribution in [3.05, 3.63) is 10.4 Å². The molecule has 1 aromatic rings. The molecule has 0 aliphatic carbocycles. The van der Waals surface area contributed by atoms with Crippen LogP contribution in [0, 0.1) is 0 Å². The Balaban J connectivity index is 2.58. The van der Waals surface area contributed by atoms with E-state index in [0.29, 0.717) is 0 Å². The van der Waals surface area contributed by atoms with Crippen LogP contribution in [0.5, 0.6) is 5.88 Å². The Morgan fingerprint density at radius 2 is 2.46 bits per heavy atom. The summed E-state index contributed by atoms with van der Waals surface area (Å²) in [7, 11) is 0. The first kappa shape index (κ1) is 9.98. The van der Waals surface area contributed by atoms with Crippen molar-refractivity contribution >= 4 is 17.2 Å². The molecule has 1 aromatic heterocycles. The molecule has 1 atom stereocenters. The number of hydrogen-bond donors (Lipinski definition) is 1. The number of carbonyl (C=O) groups excluding carboxylic acids is 1. The fraction of sp³-hybridized carbons (Fsp3) is 0.500. The summed E-state index contributed by atoms with van der Waals surface area (Å²) in [4.78, 5) is 14.9. The van der Waals surface area contributed by atoms with Gasteiger partial charge in [0.25, 0.3) is 11.8 Å². The largest absolute Gasteiger partial charge is 0.348 e. The first-order valence-corrected chi connectivity index (χ1v) is 4.94. The number of rotatable bonds is 3. The summed E-state index contributed by atoms with van der Waals surface area (Å²) in [5, 5.41) is 15.0. The summed E-state index contributed by atoms with van der Waals surface area (Å²) >= 11 is 1.07. The third-order valence-corrected chi connectivity index (χ3v) is 2.49. The Labute approximate surface area is 80.6 Å². The van der Waals surface area contributed by atoms with Crippen molar-refractivity contribution in [1.82, 2.24) is 10.3 Å². The molecule has 1 unspecified atom stereocenters. The van der Waals surface area contributed by atoms with E-state index in [9.17, 15) is 9.90 Å². The molecule has 0 aliphatic heterocycles. The zero-order valence-electron chi connectivity index (χ0n) is 7.53. The smallest absolute Gasteiger partial charge is 0.281 e. The molecule has 71 valence electrons. The molecule has 0 saturated carbocycles. The van der Waals surface area contributed by atoms with Gasteiger partial charge in [-0.15, -0.1) is 11.3 Å². The van der Waals surface area contributed by atoms with E-state index in [0.717, 1.165) is 17.8 Å². The van der Waals surface area contributed by atoms with Gasteiger partial charge in [-0.3, -0.25) is 9.90 Å². The normalized spacial score (nSPS) is 12.5. The minimum atomic E-state index is -0.348. The standard InChI is InChI=1S/C8H11N2O2S/c1-3-5(2)9-7(12)8-10-6(11)4-13-8/h4-5H,3H2,1-2H3,(H,9,12). The Hall–Kier alpha value is -1.10. The lowest BCUT2D eigenvalue weighted by Gasteiger charge is -2.08. The van der Waals surface area contributed by atoms with Gasteiger partial charge in [0.1, 0.15) is 0 Å². The van der Waals surface area contributed by atoms with Crippen LogP contribution in [0.25, 0.3) is 0 Å². The summed E-state index contributed by atoms with van der Waals surface area (Å²) in [6, 6.07) is 0.117. The summed E-state index contributed by atoms with van der Waals surface area (Å²) in [5.41, 5.74) is 0. The fourth-order valence-corrected chi connectivity index (χ4v) is 1.32. The highest BCUT2D eigenvalue weighted by molar-refractivity contribution is 7.11. The molecule has 0 spiro atoms. The van der Waals surface area contributed by atoms with E-state index >= 15 is 0 Å². The molecule has 1 rings (SSSR count). The number of thiazole rings is 1. The number of aromatic nitrogens is 1. The molecular formula is C8H11N2O2S. The van der Waals surface area contributed by atoms with E-state index in [1.54, 1.807) is 0 Å².